The van der Waals surface area contributed by atoms with Gasteiger partial charge in [-0.2, -0.15) is 0 Å². The van der Waals surface area contributed by atoms with Crippen molar-refractivity contribution in [3.05, 3.63) is 11.6 Å². The number of carbonyl (C=O) groups excluding carboxylic acids is 1. The molecule has 0 aliphatic carbocycles. The van der Waals surface area contributed by atoms with E-state index in [0.29, 0.717) is 0 Å². The Hall–Kier alpha value is -0.590. The zero-order valence-electron chi connectivity index (χ0n) is 15.2. The highest BCUT2D eigenvalue weighted by Gasteiger charge is 2.06. The second kappa shape index (κ2) is 13.1. The number of carbonyl (C=O) groups is 1. The molecule has 0 rings (SSSR count). The van der Waals surface area contributed by atoms with Crippen molar-refractivity contribution < 1.29 is 4.79 Å². The summed E-state index contributed by atoms with van der Waals surface area (Å²) in [5.41, 5.74) is 1.22. The number of hydrogen-bond acceptors (Lipinski definition) is 1. The van der Waals surface area contributed by atoms with Gasteiger partial charge >= 0.3 is 0 Å². The van der Waals surface area contributed by atoms with E-state index in [0.717, 1.165) is 30.5 Å². The normalized spacial score (nSPS) is 15.2. The first-order valence-electron chi connectivity index (χ1n) is 9.06. The van der Waals surface area contributed by atoms with Crippen molar-refractivity contribution >= 4 is 6.29 Å². The van der Waals surface area contributed by atoms with Crippen molar-refractivity contribution in [2.75, 3.05) is 0 Å². The molecule has 0 unspecified atom stereocenters. The molecule has 0 bridgehead atoms. The van der Waals surface area contributed by atoms with E-state index < -0.39 is 0 Å². The van der Waals surface area contributed by atoms with Crippen LogP contribution in [0.5, 0.6) is 0 Å². The van der Waals surface area contributed by atoms with Crippen LogP contribution in [0.2, 0.25) is 0 Å². The van der Waals surface area contributed by atoms with E-state index in [9.17, 15) is 4.79 Å². The third-order valence-electron chi connectivity index (χ3n) is 4.49. The molecular formula is C20H38O. The van der Waals surface area contributed by atoms with E-state index in [2.05, 4.69) is 34.6 Å². The van der Waals surface area contributed by atoms with E-state index in [-0.39, 0.29) is 0 Å². The van der Waals surface area contributed by atoms with E-state index >= 15 is 0 Å². The van der Waals surface area contributed by atoms with Gasteiger partial charge in [0.25, 0.3) is 0 Å². The van der Waals surface area contributed by atoms with E-state index in [1.807, 2.05) is 0 Å². The first-order chi connectivity index (χ1) is 9.95. The molecular weight excluding hydrogens is 256 g/mol. The Morgan fingerprint density at radius 1 is 0.810 bits per heavy atom. The first kappa shape index (κ1) is 20.4. The molecule has 0 radical (unpaired) electrons. The van der Waals surface area contributed by atoms with Crippen LogP contribution in [-0.4, -0.2) is 6.29 Å². The van der Waals surface area contributed by atoms with Crippen LogP contribution >= 0.6 is 0 Å². The van der Waals surface area contributed by atoms with Crippen molar-refractivity contribution in [3.8, 4) is 0 Å². The molecule has 0 aliphatic rings. The monoisotopic (exact) mass is 294 g/mol. The molecule has 0 aromatic carbocycles. The minimum absolute atomic E-state index is 0.830. The lowest BCUT2D eigenvalue weighted by atomic mass is 9.91. The molecule has 0 fully saturated rings. The zero-order valence-corrected chi connectivity index (χ0v) is 15.2. The zero-order chi connectivity index (χ0) is 16.1. The van der Waals surface area contributed by atoms with Crippen molar-refractivity contribution in [1.82, 2.24) is 0 Å². The summed E-state index contributed by atoms with van der Waals surface area (Å²) in [5, 5.41) is 0. The fourth-order valence-electron chi connectivity index (χ4n) is 2.91. The number of allylic oxidation sites excluding steroid dienone is 2. The Balaban J connectivity index is 3.54. The molecule has 0 saturated heterocycles. The average molecular weight is 295 g/mol. The van der Waals surface area contributed by atoms with Gasteiger partial charge < -0.3 is 0 Å². The van der Waals surface area contributed by atoms with Crippen LogP contribution in [0.1, 0.15) is 92.4 Å². The van der Waals surface area contributed by atoms with Crippen LogP contribution in [0.3, 0.4) is 0 Å². The molecule has 0 saturated carbocycles. The fourth-order valence-corrected chi connectivity index (χ4v) is 2.91. The lowest BCUT2D eigenvalue weighted by Gasteiger charge is -2.15. The molecule has 1 nitrogen and oxygen atoms in total. The average Bonchev–Trinajstić information content (AvgIpc) is 2.38. The van der Waals surface area contributed by atoms with Gasteiger partial charge in [-0.05, 0) is 43.6 Å². The molecule has 124 valence electrons. The van der Waals surface area contributed by atoms with Crippen molar-refractivity contribution in [2.45, 2.75) is 92.4 Å². The summed E-state index contributed by atoms with van der Waals surface area (Å²) >= 11 is 0. The Morgan fingerprint density at radius 3 is 1.76 bits per heavy atom. The molecule has 2 atom stereocenters. The Morgan fingerprint density at radius 2 is 1.29 bits per heavy atom. The maximum Gasteiger partial charge on any atom is 0.142 e. The van der Waals surface area contributed by atoms with Crippen LogP contribution < -0.4 is 0 Å². The Kier molecular flexibility index (Phi) is 12.7. The predicted molar refractivity (Wildman–Crippen MR) is 94.5 cm³/mol. The van der Waals surface area contributed by atoms with Crippen LogP contribution in [0.4, 0.5) is 0 Å². The highest BCUT2D eigenvalue weighted by Crippen LogP contribution is 2.21. The molecule has 1 heteroatoms. The van der Waals surface area contributed by atoms with Gasteiger partial charge in [0.05, 0.1) is 0 Å². The largest absolute Gasteiger partial charge is 0.299 e. The molecule has 0 amide bonds. The molecule has 0 spiro atoms. The maximum atomic E-state index is 10.4. The topological polar surface area (TPSA) is 17.1 Å². The predicted octanol–water partition coefficient (Wildman–Crippen LogP) is 6.57. The third kappa shape index (κ3) is 14.1. The fraction of sp³-hybridized carbons (Fsp3) is 0.850. The van der Waals surface area contributed by atoms with Crippen molar-refractivity contribution in [2.24, 2.45) is 17.8 Å². The van der Waals surface area contributed by atoms with Crippen LogP contribution in [0.15, 0.2) is 11.6 Å². The summed E-state index contributed by atoms with van der Waals surface area (Å²) in [7, 11) is 0. The van der Waals surface area contributed by atoms with Gasteiger partial charge in [-0.3, -0.25) is 4.79 Å². The third-order valence-corrected chi connectivity index (χ3v) is 4.49. The van der Waals surface area contributed by atoms with Gasteiger partial charge in [0.2, 0.25) is 0 Å². The van der Waals surface area contributed by atoms with Crippen molar-refractivity contribution in [3.63, 3.8) is 0 Å². The highest BCUT2D eigenvalue weighted by molar-refractivity contribution is 5.65. The van der Waals surface area contributed by atoms with Gasteiger partial charge in [0.15, 0.2) is 0 Å². The SMILES string of the molecule is C/C(=C\C=O)CCC[C@H](C)CCC[C@H](C)CCCC(C)C. The Bertz CT molecular complexity index is 278. The van der Waals surface area contributed by atoms with E-state index in [1.54, 1.807) is 6.08 Å². The molecule has 0 aromatic rings. The molecule has 21 heavy (non-hydrogen) atoms. The molecule has 0 N–H and O–H groups in total. The number of aldehydes is 1. The van der Waals surface area contributed by atoms with E-state index in [1.165, 1.54) is 56.9 Å². The highest BCUT2D eigenvalue weighted by atomic mass is 16.1. The Labute approximate surface area is 133 Å². The lowest BCUT2D eigenvalue weighted by Crippen LogP contribution is -2.00. The second-order valence-electron chi connectivity index (χ2n) is 7.51. The maximum absolute atomic E-state index is 10.4. The standard InChI is InChI=1S/C20H38O/c1-17(2)9-6-10-18(3)11-7-12-19(4)13-8-14-20(5)15-16-21/h15-19H,6-14H2,1-5H3/b20-15+/t18-,19-/m1/s1. The van der Waals surface area contributed by atoms with Crippen LogP contribution in [0, 0.1) is 17.8 Å². The number of hydrogen-bond donors (Lipinski definition) is 0. The van der Waals surface area contributed by atoms with Gasteiger partial charge in [-0.25, -0.2) is 0 Å². The van der Waals surface area contributed by atoms with Crippen LogP contribution in [0.25, 0.3) is 0 Å². The van der Waals surface area contributed by atoms with E-state index in [4.69, 9.17) is 0 Å². The van der Waals surface area contributed by atoms with Gasteiger partial charge in [0, 0.05) is 0 Å². The van der Waals surface area contributed by atoms with Crippen LogP contribution in [-0.2, 0) is 4.79 Å². The molecule has 0 aromatic heterocycles. The molecule has 0 aliphatic heterocycles. The minimum atomic E-state index is 0.830. The number of rotatable bonds is 13. The second-order valence-corrected chi connectivity index (χ2v) is 7.51. The first-order valence-corrected chi connectivity index (χ1v) is 9.06. The summed E-state index contributed by atoms with van der Waals surface area (Å²) in [6.45, 7) is 11.5. The summed E-state index contributed by atoms with van der Waals surface area (Å²) < 4.78 is 0. The van der Waals surface area contributed by atoms with Gasteiger partial charge in [-0.15, -0.1) is 0 Å². The lowest BCUT2D eigenvalue weighted by molar-refractivity contribution is -0.104. The summed E-state index contributed by atoms with van der Waals surface area (Å²) in [5.74, 6) is 2.58. The summed E-state index contributed by atoms with van der Waals surface area (Å²) in [6, 6.07) is 0. The summed E-state index contributed by atoms with van der Waals surface area (Å²) in [6.07, 6.45) is 14.5. The molecule has 0 heterocycles. The minimum Gasteiger partial charge on any atom is -0.299 e. The smallest absolute Gasteiger partial charge is 0.142 e. The quantitative estimate of drug-likeness (QED) is 0.277. The summed E-state index contributed by atoms with van der Waals surface area (Å²) in [4.78, 5) is 10.4. The van der Waals surface area contributed by atoms with Gasteiger partial charge in [0.1, 0.15) is 6.29 Å². The van der Waals surface area contributed by atoms with Gasteiger partial charge in [-0.1, -0.05) is 78.2 Å². The van der Waals surface area contributed by atoms with Crippen molar-refractivity contribution in [1.29, 1.82) is 0 Å².